The van der Waals surface area contributed by atoms with Crippen LogP contribution in [0.15, 0.2) is 48.5 Å². The largest absolute Gasteiger partial charge is 0.497 e. The summed E-state index contributed by atoms with van der Waals surface area (Å²) >= 11 is 0. The minimum atomic E-state index is 0.00769. The van der Waals surface area contributed by atoms with Gasteiger partial charge in [0.15, 0.2) is 0 Å². The van der Waals surface area contributed by atoms with Crippen LogP contribution >= 0.6 is 0 Å². The van der Waals surface area contributed by atoms with Crippen molar-refractivity contribution in [3.8, 4) is 11.5 Å². The van der Waals surface area contributed by atoms with E-state index in [-0.39, 0.29) is 17.9 Å². The minimum Gasteiger partial charge on any atom is -0.497 e. The predicted octanol–water partition coefficient (Wildman–Crippen LogP) is 3.82. The van der Waals surface area contributed by atoms with E-state index in [1.54, 1.807) is 14.2 Å². The lowest BCUT2D eigenvalue weighted by molar-refractivity contribution is -0.120. The summed E-state index contributed by atoms with van der Waals surface area (Å²) in [6.07, 6.45) is 0.804. The smallest absolute Gasteiger partial charge is 0.230 e. The lowest BCUT2D eigenvalue weighted by atomic mass is 10.0. The van der Waals surface area contributed by atoms with E-state index >= 15 is 0 Å². The van der Waals surface area contributed by atoms with E-state index in [4.69, 9.17) is 9.47 Å². The fraction of sp³-hybridized carbons (Fsp3) is 0.316. The second kappa shape index (κ2) is 6.32. The van der Waals surface area contributed by atoms with Crippen LogP contribution in [0.4, 0.5) is 5.69 Å². The van der Waals surface area contributed by atoms with E-state index in [2.05, 4.69) is 6.07 Å². The number of rotatable bonds is 4. The predicted molar refractivity (Wildman–Crippen MR) is 90.0 cm³/mol. The normalized spacial score (nSPS) is 20.7. The molecule has 1 aliphatic rings. The van der Waals surface area contributed by atoms with Crippen LogP contribution in [-0.4, -0.2) is 20.1 Å². The van der Waals surface area contributed by atoms with Gasteiger partial charge in [-0.1, -0.05) is 19.1 Å². The minimum absolute atomic E-state index is 0.00769. The quantitative estimate of drug-likeness (QED) is 0.861. The first kappa shape index (κ1) is 15.4. The van der Waals surface area contributed by atoms with Crippen molar-refractivity contribution in [2.75, 3.05) is 19.1 Å². The van der Waals surface area contributed by atoms with Crippen LogP contribution < -0.4 is 14.4 Å². The van der Waals surface area contributed by atoms with Gasteiger partial charge in [0, 0.05) is 11.6 Å². The summed E-state index contributed by atoms with van der Waals surface area (Å²) in [7, 11) is 3.29. The monoisotopic (exact) mass is 311 g/mol. The molecule has 0 aliphatic carbocycles. The summed E-state index contributed by atoms with van der Waals surface area (Å²) in [6, 6.07) is 15.6. The van der Waals surface area contributed by atoms with Gasteiger partial charge in [0.1, 0.15) is 11.5 Å². The second-order valence-electron chi connectivity index (χ2n) is 5.84. The molecule has 1 heterocycles. The summed E-state index contributed by atoms with van der Waals surface area (Å²) in [6.45, 7) is 1.99. The fourth-order valence-electron chi connectivity index (χ4n) is 3.12. The molecular formula is C19H21NO3. The molecule has 2 atom stereocenters. The zero-order valence-electron chi connectivity index (χ0n) is 13.7. The zero-order valence-corrected chi connectivity index (χ0v) is 13.7. The molecule has 3 rings (SSSR count). The first-order chi connectivity index (χ1) is 11.1. The topological polar surface area (TPSA) is 38.8 Å². The number of hydrogen-bond donors (Lipinski definition) is 0. The Morgan fingerprint density at radius 3 is 2.35 bits per heavy atom. The van der Waals surface area contributed by atoms with Crippen LogP contribution in [0, 0.1) is 5.92 Å². The number of anilines is 1. The molecule has 4 heteroatoms. The van der Waals surface area contributed by atoms with Crippen molar-refractivity contribution in [2.45, 2.75) is 19.4 Å². The molecule has 0 radical (unpaired) electrons. The third-order valence-electron chi connectivity index (χ3n) is 4.38. The van der Waals surface area contributed by atoms with E-state index in [1.165, 1.54) is 0 Å². The van der Waals surface area contributed by atoms with E-state index in [9.17, 15) is 4.79 Å². The first-order valence-electron chi connectivity index (χ1n) is 7.75. The van der Waals surface area contributed by atoms with E-state index in [0.29, 0.717) is 0 Å². The molecule has 1 amide bonds. The number of ether oxygens (including phenoxy) is 2. The highest BCUT2D eigenvalue weighted by atomic mass is 16.5. The Balaban J connectivity index is 1.98. The zero-order chi connectivity index (χ0) is 16.4. The third kappa shape index (κ3) is 2.89. The summed E-state index contributed by atoms with van der Waals surface area (Å²) in [5.74, 6) is 1.76. The van der Waals surface area contributed by atoms with E-state index in [1.807, 2.05) is 54.3 Å². The average molecular weight is 311 g/mol. The van der Waals surface area contributed by atoms with Gasteiger partial charge in [0.25, 0.3) is 0 Å². The fourth-order valence-corrected chi connectivity index (χ4v) is 3.12. The Hall–Kier alpha value is -2.49. The maximum Gasteiger partial charge on any atom is 0.230 e. The van der Waals surface area contributed by atoms with Crippen LogP contribution in [0.25, 0.3) is 0 Å². The molecule has 0 aromatic heterocycles. The molecule has 0 saturated carbocycles. The van der Waals surface area contributed by atoms with E-state index in [0.717, 1.165) is 29.2 Å². The number of amides is 1. The molecular weight excluding hydrogens is 290 g/mol. The van der Waals surface area contributed by atoms with E-state index < -0.39 is 0 Å². The van der Waals surface area contributed by atoms with Crippen LogP contribution in [0.3, 0.4) is 0 Å². The standard InChI is InChI=1S/C19H21NO3/c1-13-11-18(14-5-4-6-17(12-14)23-3)20(19(13)21)15-7-9-16(22-2)10-8-15/h4-10,12-13,18H,11H2,1-3H3/t13-,18-/m0/s1. The maximum absolute atomic E-state index is 12.7. The van der Waals surface area contributed by atoms with Crippen molar-refractivity contribution < 1.29 is 14.3 Å². The maximum atomic E-state index is 12.7. The van der Waals surface area contributed by atoms with Crippen molar-refractivity contribution in [1.29, 1.82) is 0 Å². The highest BCUT2D eigenvalue weighted by molar-refractivity contribution is 5.98. The van der Waals surface area contributed by atoms with Crippen LogP contribution in [0.1, 0.15) is 24.9 Å². The molecule has 120 valence electrons. The van der Waals surface area contributed by atoms with Crippen molar-refractivity contribution in [2.24, 2.45) is 5.92 Å². The average Bonchev–Trinajstić information content (AvgIpc) is 2.90. The Labute approximate surface area is 136 Å². The molecule has 1 saturated heterocycles. The molecule has 4 nitrogen and oxygen atoms in total. The van der Waals surface area contributed by atoms with Gasteiger partial charge in [-0.15, -0.1) is 0 Å². The number of benzene rings is 2. The van der Waals surface area contributed by atoms with Gasteiger partial charge in [-0.25, -0.2) is 0 Å². The van der Waals surface area contributed by atoms with Gasteiger partial charge in [-0.3, -0.25) is 4.79 Å². The van der Waals surface area contributed by atoms with Crippen LogP contribution in [-0.2, 0) is 4.79 Å². The van der Waals surface area contributed by atoms with Gasteiger partial charge in [-0.05, 0) is 48.4 Å². The molecule has 0 bridgehead atoms. The molecule has 2 aromatic rings. The van der Waals surface area contributed by atoms with Crippen molar-refractivity contribution >= 4 is 11.6 Å². The molecule has 1 aliphatic heterocycles. The van der Waals surface area contributed by atoms with Crippen molar-refractivity contribution in [1.82, 2.24) is 0 Å². The number of methoxy groups -OCH3 is 2. The highest BCUT2D eigenvalue weighted by Crippen LogP contribution is 2.40. The Morgan fingerprint density at radius 2 is 1.70 bits per heavy atom. The van der Waals surface area contributed by atoms with Gasteiger partial charge in [0.2, 0.25) is 5.91 Å². The summed E-state index contributed by atoms with van der Waals surface area (Å²) in [5.41, 5.74) is 1.99. The SMILES string of the molecule is COc1ccc(N2C(=O)[C@@H](C)C[C@H]2c2cccc(OC)c2)cc1. The number of hydrogen-bond acceptors (Lipinski definition) is 3. The van der Waals surface area contributed by atoms with Crippen molar-refractivity contribution in [3.63, 3.8) is 0 Å². The molecule has 1 fully saturated rings. The molecule has 0 N–H and O–H groups in total. The third-order valence-corrected chi connectivity index (χ3v) is 4.38. The lowest BCUT2D eigenvalue weighted by Crippen LogP contribution is -2.28. The molecule has 0 spiro atoms. The van der Waals surface area contributed by atoms with Crippen molar-refractivity contribution in [3.05, 3.63) is 54.1 Å². The van der Waals surface area contributed by atoms with Gasteiger partial charge in [-0.2, -0.15) is 0 Å². The Morgan fingerprint density at radius 1 is 1.00 bits per heavy atom. The van der Waals surface area contributed by atoms with Gasteiger partial charge >= 0.3 is 0 Å². The molecule has 23 heavy (non-hydrogen) atoms. The first-order valence-corrected chi connectivity index (χ1v) is 7.75. The van der Waals surface area contributed by atoms with Crippen LogP contribution in [0.2, 0.25) is 0 Å². The van der Waals surface area contributed by atoms with Gasteiger partial charge in [0.05, 0.1) is 20.3 Å². The lowest BCUT2D eigenvalue weighted by Gasteiger charge is -2.25. The molecule has 0 unspecified atom stereocenters. The van der Waals surface area contributed by atoms with Crippen LogP contribution in [0.5, 0.6) is 11.5 Å². The summed E-state index contributed by atoms with van der Waals surface area (Å²) in [5, 5.41) is 0. The summed E-state index contributed by atoms with van der Waals surface area (Å²) in [4.78, 5) is 14.5. The van der Waals surface area contributed by atoms with Gasteiger partial charge < -0.3 is 14.4 Å². The number of carbonyl (C=O) groups is 1. The Kier molecular flexibility index (Phi) is 4.24. The highest BCUT2D eigenvalue weighted by Gasteiger charge is 2.38. The number of carbonyl (C=O) groups excluding carboxylic acids is 1. The molecule has 2 aromatic carbocycles. The Bertz CT molecular complexity index is 696. The summed E-state index contributed by atoms with van der Waals surface area (Å²) < 4.78 is 10.5. The number of nitrogens with zero attached hydrogens (tertiary/aromatic N) is 1. The second-order valence-corrected chi connectivity index (χ2v) is 5.84.